The molecule has 4 heteroatoms. The van der Waals surface area contributed by atoms with Crippen LogP contribution >= 0.6 is 0 Å². The zero-order valence-electron chi connectivity index (χ0n) is 9.08. The first-order valence-electron chi connectivity index (χ1n) is 4.84. The third-order valence-corrected chi connectivity index (χ3v) is 2.07. The van der Waals surface area contributed by atoms with Gasteiger partial charge in [-0.05, 0) is 13.8 Å². The fourth-order valence-electron chi connectivity index (χ4n) is 1.39. The summed E-state index contributed by atoms with van der Waals surface area (Å²) in [6.07, 6.45) is 5.09. The van der Waals surface area contributed by atoms with Crippen molar-refractivity contribution < 1.29 is 0 Å². The van der Waals surface area contributed by atoms with Gasteiger partial charge in [0.05, 0.1) is 6.54 Å². The Labute approximate surface area is 89.3 Å². The number of aromatic nitrogens is 2. The second kappa shape index (κ2) is 5.32. The molecule has 0 fully saturated rings. The van der Waals surface area contributed by atoms with Crippen LogP contribution < -0.4 is 10.9 Å². The smallest absolute Gasteiger partial charge is 0.253 e. The van der Waals surface area contributed by atoms with Crippen LogP contribution in [0.3, 0.4) is 0 Å². The maximum Gasteiger partial charge on any atom is 0.253 e. The maximum absolute atomic E-state index is 11.6. The van der Waals surface area contributed by atoms with Gasteiger partial charge in [0.1, 0.15) is 5.82 Å². The van der Waals surface area contributed by atoms with Gasteiger partial charge < -0.3 is 5.32 Å². The van der Waals surface area contributed by atoms with E-state index in [1.54, 1.807) is 4.57 Å². The van der Waals surface area contributed by atoms with E-state index < -0.39 is 0 Å². The molecule has 1 aromatic rings. The van der Waals surface area contributed by atoms with Crippen molar-refractivity contribution in [2.24, 2.45) is 0 Å². The summed E-state index contributed by atoms with van der Waals surface area (Å²) < 4.78 is 1.64. The Hall–Kier alpha value is -1.60. The van der Waals surface area contributed by atoms with Crippen LogP contribution in [0.2, 0.25) is 0 Å². The lowest BCUT2D eigenvalue weighted by atomic mass is 10.4. The van der Waals surface area contributed by atoms with Crippen molar-refractivity contribution in [3.05, 3.63) is 27.9 Å². The Balaban J connectivity index is 2.70. The molecule has 0 bridgehead atoms. The molecule has 0 aliphatic heterocycles. The van der Waals surface area contributed by atoms with Gasteiger partial charge in [-0.2, -0.15) is 0 Å². The fourth-order valence-corrected chi connectivity index (χ4v) is 1.39. The van der Waals surface area contributed by atoms with E-state index in [0.717, 1.165) is 11.5 Å². The summed E-state index contributed by atoms with van der Waals surface area (Å²) in [5.74, 6) is 3.22. The zero-order valence-corrected chi connectivity index (χ0v) is 9.08. The topological polar surface area (TPSA) is 46.9 Å². The van der Waals surface area contributed by atoms with Gasteiger partial charge in [0, 0.05) is 24.8 Å². The Bertz CT molecular complexity index is 428. The lowest BCUT2D eigenvalue weighted by molar-refractivity contribution is 0.585. The molecule has 15 heavy (non-hydrogen) atoms. The number of rotatable bonds is 4. The molecule has 1 N–H and O–H groups in total. The molecular weight excluding hydrogens is 190 g/mol. The van der Waals surface area contributed by atoms with E-state index in [1.807, 2.05) is 13.8 Å². The molecule has 0 atom stereocenters. The van der Waals surface area contributed by atoms with Crippen molar-refractivity contribution in [1.82, 2.24) is 14.9 Å². The number of nitrogens with one attached hydrogen (secondary N) is 1. The van der Waals surface area contributed by atoms with Crippen LogP contribution in [-0.2, 0) is 6.54 Å². The molecule has 0 radical (unpaired) electrons. The van der Waals surface area contributed by atoms with Crippen molar-refractivity contribution in [3.63, 3.8) is 0 Å². The molecule has 0 saturated carbocycles. The molecule has 0 aliphatic rings. The van der Waals surface area contributed by atoms with Crippen LogP contribution in [-0.4, -0.2) is 22.6 Å². The van der Waals surface area contributed by atoms with Gasteiger partial charge in [-0.25, -0.2) is 4.98 Å². The third-order valence-electron chi connectivity index (χ3n) is 2.07. The predicted molar refractivity (Wildman–Crippen MR) is 59.7 cm³/mol. The first kappa shape index (κ1) is 11.5. The number of aryl methyl sites for hydroxylation is 2. The van der Waals surface area contributed by atoms with E-state index in [0.29, 0.717) is 19.6 Å². The first-order valence-corrected chi connectivity index (χ1v) is 4.84. The second-order valence-corrected chi connectivity index (χ2v) is 3.32. The highest BCUT2D eigenvalue weighted by Gasteiger charge is 2.01. The summed E-state index contributed by atoms with van der Waals surface area (Å²) >= 11 is 0. The number of nitrogens with zero attached hydrogens (tertiary/aromatic N) is 2. The van der Waals surface area contributed by atoms with Crippen molar-refractivity contribution >= 4 is 0 Å². The average molecular weight is 205 g/mol. The highest BCUT2D eigenvalue weighted by Crippen LogP contribution is 1.92. The summed E-state index contributed by atoms with van der Waals surface area (Å²) in [4.78, 5) is 15.8. The van der Waals surface area contributed by atoms with E-state index in [-0.39, 0.29) is 5.56 Å². The SMILES string of the molecule is C#CCNCCn1c(C)nc(C)cc1=O. The highest BCUT2D eigenvalue weighted by atomic mass is 16.1. The van der Waals surface area contributed by atoms with E-state index in [1.165, 1.54) is 6.07 Å². The first-order chi connectivity index (χ1) is 7.15. The van der Waals surface area contributed by atoms with Crippen molar-refractivity contribution in [2.75, 3.05) is 13.1 Å². The van der Waals surface area contributed by atoms with Gasteiger partial charge in [0.15, 0.2) is 0 Å². The van der Waals surface area contributed by atoms with Gasteiger partial charge in [-0.15, -0.1) is 6.42 Å². The molecule has 1 heterocycles. The number of hydrogen-bond acceptors (Lipinski definition) is 3. The van der Waals surface area contributed by atoms with Crippen LogP contribution in [0.15, 0.2) is 10.9 Å². The molecule has 0 saturated heterocycles. The molecule has 4 nitrogen and oxygen atoms in total. The van der Waals surface area contributed by atoms with Crippen LogP contribution in [0, 0.1) is 26.2 Å². The minimum atomic E-state index is -0.0116. The van der Waals surface area contributed by atoms with E-state index in [4.69, 9.17) is 6.42 Å². The lowest BCUT2D eigenvalue weighted by Crippen LogP contribution is -2.29. The van der Waals surface area contributed by atoms with Crippen LogP contribution in [0.1, 0.15) is 11.5 Å². The fraction of sp³-hybridized carbons (Fsp3) is 0.455. The number of terminal acetylenes is 1. The zero-order chi connectivity index (χ0) is 11.3. The number of hydrogen-bond donors (Lipinski definition) is 1. The summed E-state index contributed by atoms with van der Waals surface area (Å²) in [6, 6.07) is 1.54. The highest BCUT2D eigenvalue weighted by molar-refractivity contribution is 5.01. The standard InChI is InChI=1S/C11H15N3O/c1-4-5-12-6-7-14-10(3)13-9(2)8-11(14)15/h1,8,12H,5-7H2,2-3H3. The largest absolute Gasteiger partial charge is 0.304 e. The predicted octanol–water partition coefficient (Wildman–Crippen LogP) is 0.0829. The monoisotopic (exact) mass is 205 g/mol. The molecule has 1 rings (SSSR count). The van der Waals surface area contributed by atoms with Gasteiger partial charge in [-0.3, -0.25) is 9.36 Å². The third kappa shape index (κ3) is 3.22. The minimum absolute atomic E-state index is 0.0116. The minimum Gasteiger partial charge on any atom is -0.304 e. The Morgan fingerprint density at radius 2 is 2.33 bits per heavy atom. The Morgan fingerprint density at radius 3 is 2.93 bits per heavy atom. The summed E-state index contributed by atoms with van der Waals surface area (Å²) in [5, 5.41) is 3.03. The molecule has 80 valence electrons. The second-order valence-electron chi connectivity index (χ2n) is 3.32. The van der Waals surface area contributed by atoms with E-state index >= 15 is 0 Å². The van der Waals surface area contributed by atoms with Gasteiger partial charge in [0.2, 0.25) is 0 Å². The Kier molecular flexibility index (Phi) is 4.07. The van der Waals surface area contributed by atoms with Crippen molar-refractivity contribution in [3.8, 4) is 12.3 Å². The summed E-state index contributed by atoms with van der Waals surface area (Å²) in [6.45, 7) is 5.44. The van der Waals surface area contributed by atoms with Crippen molar-refractivity contribution in [1.29, 1.82) is 0 Å². The summed E-state index contributed by atoms with van der Waals surface area (Å²) in [5.41, 5.74) is 0.743. The van der Waals surface area contributed by atoms with Gasteiger partial charge in [-0.1, -0.05) is 5.92 Å². The molecule has 1 aromatic heterocycles. The van der Waals surface area contributed by atoms with E-state index in [2.05, 4.69) is 16.2 Å². The lowest BCUT2D eigenvalue weighted by Gasteiger charge is -2.09. The molecule has 0 amide bonds. The maximum atomic E-state index is 11.6. The quantitative estimate of drug-likeness (QED) is 0.559. The van der Waals surface area contributed by atoms with Gasteiger partial charge >= 0.3 is 0 Å². The molecule has 0 aromatic carbocycles. The normalized spacial score (nSPS) is 9.93. The molecule has 0 spiro atoms. The van der Waals surface area contributed by atoms with Crippen molar-refractivity contribution in [2.45, 2.75) is 20.4 Å². The van der Waals surface area contributed by atoms with E-state index in [9.17, 15) is 4.79 Å². The molecular formula is C11H15N3O. The molecule has 0 unspecified atom stereocenters. The average Bonchev–Trinajstić information content (AvgIpc) is 2.15. The van der Waals surface area contributed by atoms with Gasteiger partial charge in [0.25, 0.3) is 5.56 Å². The Morgan fingerprint density at radius 1 is 1.60 bits per heavy atom. The van der Waals surface area contributed by atoms with Crippen LogP contribution in [0.4, 0.5) is 0 Å². The summed E-state index contributed by atoms with van der Waals surface area (Å²) in [7, 11) is 0. The van der Waals surface area contributed by atoms with Crippen LogP contribution in [0.25, 0.3) is 0 Å². The van der Waals surface area contributed by atoms with Crippen LogP contribution in [0.5, 0.6) is 0 Å². The molecule has 0 aliphatic carbocycles.